The monoisotopic (exact) mass is 361 g/mol. The molecule has 1 fully saturated rings. The number of aliphatic hydroxyl groups is 1. The van der Waals surface area contributed by atoms with Crippen LogP contribution in [-0.2, 0) is 19.9 Å². The third kappa shape index (κ3) is 3.16. The zero-order valence-corrected chi connectivity index (χ0v) is 15.1. The molecule has 0 amide bonds. The Bertz CT molecular complexity index is 805. The molecule has 1 aliphatic carbocycles. The van der Waals surface area contributed by atoms with E-state index >= 15 is 0 Å². The van der Waals surface area contributed by atoms with Crippen LogP contribution in [0, 0.1) is 11.6 Å². The molecule has 26 heavy (non-hydrogen) atoms. The maximum absolute atomic E-state index is 14.0. The SMILES string of the molecule is Cn1c([C@@H]2CCCN2C[C@@H](O)c2ccc(F)cc2F)nc2c1CCCC2. The Kier molecular flexibility index (Phi) is 4.80. The van der Waals surface area contributed by atoms with Crippen molar-refractivity contribution in [1.29, 1.82) is 0 Å². The maximum atomic E-state index is 14.0. The average molecular weight is 361 g/mol. The topological polar surface area (TPSA) is 41.3 Å². The fourth-order valence-corrected chi connectivity index (χ4v) is 4.43. The number of imidazole rings is 1. The molecule has 0 unspecified atom stereocenters. The van der Waals surface area contributed by atoms with Crippen LogP contribution in [-0.4, -0.2) is 32.6 Å². The van der Waals surface area contributed by atoms with Gasteiger partial charge >= 0.3 is 0 Å². The van der Waals surface area contributed by atoms with Gasteiger partial charge in [0.1, 0.15) is 17.5 Å². The van der Waals surface area contributed by atoms with Crippen molar-refractivity contribution in [2.45, 2.75) is 50.7 Å². The predicted molar refractivity (Wildman–Crippen MR) is 94.7 cm³/mol. The van der Waals surface area contributed by atoms with Crippen molar-refractivity contribution in [3.63, 3.8) is 0 Å². The summed E-state index contributed by atoms with van der Waals surface area (Å²) in [6.07, 6.45) is 5.56. The number of likely N-dealkylation sites (tertiary alicyclic amines) is 1. The van der Waals surface area contributed by atoms with E-state index in [4.69, 9.17) is 4.98 Å². The summed E-state index contributed by atoms with van der Waals surface area (Å²) in [5, 5.41) is 10.5. The number of benzene rings is 1. The molecule has 1 aromatic carbocycles. The first-order valence-corrected chi connectivity index (χ1v) is 9.46. The van der Waals surface area contributed by atoms with E-state index in [9.17, 15) is 13.9 Å². The molecule has 2 atom stereocenters. The number of hydrogen-bond acceptors (Lipinski definition) is 3. The summed E-state index contributed by atoms with van der Waals surface area (Å²) in [5.41, 5.74) is 2.70. The highest BCUT2D eigenvalue weighted by molar-refractivity contribution is 5.23. The van der Waals surface area contributed by atoms with Gasteiger partial charge in [0.05, 0.1) is 17.8 Å². The molecule has 1 aliphatic heterocycles. The second-order valence-corrected chi connectivity index (χ2v) is 7.46. The van der Waals surface area contributed by atoms with Crippen LogP contribution in [0.25, 0.3) is 0 Å². The van der Waals surface area contributed by atoms with Crippen molar-refractivity contribution in [3.8, 4) is 0 Å². The highest BCUT2D eigenvalue weighted by atomic mass is 19.1. The van der Waals surface area contributed by atoms with Crippen molar-refractivity contribution in [2.75, 3.05) is 13.1 Å². The number of aromatic nitrogens is 2. The van der Waals surface area contributed by atoms with Crippen molar-refractivity contribution < 1.29 is 13.9 Å². The van der Waals surface area contributed by atoms with Gasteiger partial charge in [-0.05, 0) is 51.1 Å². The van der Waals surface area contributed by atoms with E-state index in [0.29, 0.717) is 6.54 Å². The zero-order chi connectivity index (χ0) is 18.3. The maximum Gasteiger partial charge on any atom is 0.131 e. The van der Waals surface area contributed by atoms with Crippen molar-refractivity contribution in [1.82, 2.24) is 14.5 Å². The largest absolute Gasteiger partial charge is 0.387 e. The third-order valence-electron chi connectivity index (χ3n) is 5.80. The lowest BCUT2D eigenvalue weighted by Crippen LogP contribution is -2.30. The molecule has 4 nitrogen and oxygen atoms in total. The summed E-state index contributed by atoms with van der Waals surface area (Å²) >= 11 is 0. The normalized spacial score (nSPS) is 21.8. The van der Waals surface area contributed by atoms with Crippen molar-refractivity contribution in [3.05, 3.63) is 52.6 Å². The number of nitrogens with zero attached hydrogens (tertiary/aromatic N) is 3. The summed E-state index contributed by atoms with van der Waals surface area (Å²) in [7, 11) is 2.08. The molecule has 0 radical (unpaired) electrons. The van der Waals surface area contributed by atoms with Crippen molar-refractivity contribution >= 4 is 0 Å². The van der Waals surface area contributed by atoms with E-state index in [0.717, 1.165) is 44.1 Å². The van der Waals surface area contributed by atoms with Crippen LogP contribution in [0.2, 0.25) is 0 Å². The van der Waals surface area contributed by atoms with Gasteiger partial charge in [-0.25, -0.2) is 13.8 Å². The Labute approximate surface area is 152 Å². The quantitative estimate of drug-likeness (QED) is 0.907. The summed E-state index contributed by atoms with van der Waals surface area (Å²) in [6.45, 7) is 1.17. The summed E-state index contributed by atoms with van der Waals surface area (Å²) in [5.74, 6) is -0.266. The number of aryl methyl sites for hydroxylation is 1. The summed E-state index contributed by atoms with van der Waals surface area (Å²) in [6, 6.07) is 3.49. The van der Waals surface area contributed by atoms with Gasteiger partial charge in [-0.2, -0.15) is 0 Å². The standard InChI is InChI=1S/C20H25F2N3O/c1-24-17-6-3-2-5-16(17)23-20(24)18-7-4-10-25(18)12-19(26)14-9-8-13(21)11-15(14)22/h8-9,11,18-19,26H,2-7,10,12H2,1H3/t18-,19+/m0/s1. The minimum Gasteiger partial charge on any atom is -0.387 e. The minimum absolute atomic E-state index is 0.142. The molecule has 0 spiro atoms. The highest BCUT2D eigenvalue weighted by Crippen LogP contribution is 2.35. The number of hydrogen-bond donors (Lipinski definition) is 1. The molecule has 2 heterocycles. The molecule has 0 bridgehead atoms. The zero-order valence-electron chi connectivity index (χ0n) is 15.1. The number of β-amino-alcohol motifs (C(OH)–C–C–N with tert-alkyl or cyclic N) is 1. The molecule has 2 aliphatic rings. The van der Waals surface area contributed by atoms with Crippen LogP contribution in [0.4, 0.5) is 8.78 Å². The Morgan fingerprint density at radius 2 is 2.04 bits per heavy atom. The second-order valence-electron chi connectivity index (χ2n) is 7.46. The predicted octanol–water partition coefficient (Wildman–Crippen LogP) is 3.45. The van der Waals surface area contributed by atoms with Gasteiger partial charge in [0.15, 0.2) is 0 Å². The van der Waals surface area contributed by atoms with Crippen LogP contribution < -0.4 is 0 Å². The van der Waals surface area contributed by atoms with Crippen LogP contribution in [0.15, 0.2) is 18.2 Å². The van der Waals surface area contributed by atoms with E-state index in [-0.39, 0.29) is 11.6 Å². The van der Waals surface area contributed by atoms with E-state index in [1.807, 2.05) is 0 Å². The second kappa shape index (κ2) is 7.08. The van der Waals surface area contributed by atoms with Crippen molar-refractivity contribution in [2.24, 2.45) is 7.05 Å². The Hall–Kier alpha value is -1.79. The first-order valence-electron chi connectivity index (χ1n) is 9.46. The third-order valence-corrected chi connectivity index (χ3v) is 5.80. The molecular weight excluding hydrogens is 336 g/mol. The van der Waals surface area contributed by atoms with E-state index in [1.54, 1.807) is 0 Å². The molecule has 1 saturated heterocycles. The van der Waals surface area contributed by atoms with Gasteiger partial charge in [0.2, 0.25) is 0 Å². The summed E-state index contributed by atoms with van der Waals surface area (Å²) in [4.78, 5) is 7.09. The fourth-order valence-electron chi connectivity index (χ4n) is 4.43. The average Bonchev–Trinajstić information content (AvgIpc) is 3.19. The molecule has 2 aromatic rings. The van der Waals surface area contributed by atoms with E-state index in [2.05, 4.69) is 16.5 Å². The lowest BCUT2D eigenvalue weighted by molar-refractivity contribution is 0.100. The molecular formula is C20H25F2N3O. The van der Waals surface area contributed by atoms with Crippen LogP contribution in [0.3, 0.4) is 0 Å². The lowest BCUT2D eigenvalue weighted by Gasteiger charge is -2.27. The van der Waals surface area contributed by atoms with Gasteiger partial charge in [-0.3, -0.25) is 4.90 Å². The first-order chi connectivity index (χ1) is 12.5. The minimum atomic E-state index is -0.980. The number of rotatable bonds is 4. The fraction of sp³-hybridized carbons (Fsp3) is 0.550. The van der Waals surface area contributed by atoms with Gasteiger partial charge in [-0.1, -0.05) is 6.07 Å². The Morgan fingerprint density at radius 3 is 2.81 bits per heavy atom. The highest BCUT2D eigenvalue weighted by Gasteiger charge is 2.33. The summed E-state index contributed by atoms with van der Waals surface area (Å²) < 4.78 is 29.3. The molecule has 1 aromatic heterocycles. The smallest absolute Gasteiger partial charge is 0.131 e. The number of aliphatic hydroxyl groups excluding tert-OH is 1. The van der Waals surface area contributed by atoms with Gasteiger partial charge in [0.25, 0.3) is 0 Å². The van der Waals surface area contributed by atoms with Gasteiger partial charge in [0, 0.05) is 30.9 Å². The molecule has 1 N–H and O–H groups in total. The number of fused-ring (bicyclic) bond motifs is 1. The lowest BCUT2D eigenvalue weighted by atomic mass is 10.0. The van der Waals surface area contributed by atoms with Gasteiger partial charge < -0.3 is 9.67 Å². The van der Waals surface area contributed by atoms with Crippen LogP contribution in [0.1, 0.15) is 60.6 Å². The molecule has 0 saturated carbocycles. The van der Waals surface area contributed by atoms with Gasteiger partial charge in [-0.15, -0.1) is 0 Å². The Balaban J connectivity index is 1.54. The first kappa shape index (κ1) is 17.6. The molecule has 4 rings (SSSR count). The molecule has 140 valence electrons. The van der Waals surface area contributed by atoms with E-state index in [1.165, 1.54) is 36.4 Å². The number of halogens is 2. The van der Waals surface area contributed by atoms with Crippen LogP contribution >= 0.6 is 0 Å². The van der Waals surface area contributed by atoms with Crippen LogP contribution in [0.5, 0.6) is 0 Å². The van der Waals surface area contributed by atoms with E-state index < -0.39 is 17.7 Å². The molecule has 6 heteroatoms. The Morgan fingerprint density at radius 1 is 1.23 bits per heavy atom.